The topological polar surface area (TPSA) is 75.0 Å². The van der Waals surface area contributed by atoms with E-state index in [9.17, 15) is 0 Å². The van der Waals surface area contributed by atoms with E-state index in [0.717, 1.165) is 17.2 Å². The van der Waals surface area contributed by atoms with Crippen LogP contribution in [0, 0.1) is 18.3 Å². The van der Waals surface area contributed by atoms with E-state index < -0.39 is 0 Å². The van der Waals surface area contributed by atoms with Gasteiger partial charge in [-0.25, -0.2) is 0 Å². The number of benzene rings is 1. The Hall–Kier alpha value is -2.41. The maximum absolute atomic E-state index is 8.72. The fraction of sp³-hybridized carbons (Fsp3) is 0.154. The molecule has 3 N–H and O–H groups in total. The molecule has 0 amide bonds. The largest absolute Gasteiger partial charge is 0.465 e. The van der Waals surface area contributed by atoms with Crippen molar-refractivity contribution >= 4 is 11.4 Å². The van der Waals surface area contributed by atoms with Gasteiger partial charge in [0.25, 0.3) is 0 Å². The molecule has 0 fully saturated rings. The van der Waals surface area contributed by atoms with Crippen LogP contribution in [0.3, 0.4) is 0 Å². The smallest absolute Gasteiger partial charge is 0.123 e. The van der Waals surface area contributed by atoms with Gasteiger partial charge >= 0.3 is 0 Å². The summed E-state index contributed by atoms with van der Waals surface area (Å²) in [7, 11) is 0. The van der Waals surface area contributed by atoms with Gasteiger partial charge in [0.05, 0.1) is 29.6 Å². The fourth-order valence-corrected chi connectivity index (χ4v) is 1.56. The van der Waals surface area contributed by atoms with E-state index in [1.807, 2.05) is 25.1 Å². The van der Waals surface area contributed by atoms with Gasteiger partial charge in [0, 0.05) is 0 Å². The van der Waals surface area contributed by atoms with Crippen LogP contribution in [0.15, 0.2) is 34.7 Å². The molecular weight excluding hydrogens is 214 g/mol. The molecular formula is C13H13N3O. The Morgan fingerprint density at radius 2 is 2.18 bits per heavy atom. The van der Waals surface area contributed by atoms with Gasteiger partial charge in [0.1, 0.15) is 11.5 Å². The van der Waals surface area contributed by atoms with Crippen molar-refractivity contribution in [3.63, 3.8) is 0 Å². The number of nitrogens with zero attached hydrogens (tertiary/aromatic N) is 1. The number of anilines is 2. The molecule has 0 aliphatic heterocycles. The minimum absolute atomic E-state index is 0.557. The van der Waals surface area contributed by atoms with Crippen molar-refractivity contribution in [2.75, 3.05) is 11.1 Å². The van der Waals surface area contributed by atoms with Crippen molar-refractivity contribution in [3.05, 3.63) is 47.4 Å². The highest BCUT2D eigenvalue weighted by Crippen LogP contribution is 2.20. The average Bonchev–Trinajstić information content (AvgIpc) is 2.73. The third-order valence-electron chi connectivity index (χ3n) is 2.43. The number of furan rings is 1. The maximum atomic E-state index is 8.72. The number of nitrogens with one attached hydrogen (secondary N) is 1. The van der Waals surface area contributed by atoms with Gasteiger partial charge in [-0.2, -0.15) is 5.26 Å². The number of rotatable bonds is 3. The van der Waals surface area contributed by atoms with Gasteiger partial charge in [-0.1, -0.05) is 0 Å². The molecule has 17 heavy (non-hydrogen) atoms. The van der Waals surface area contributed by atoms with Crippen LogP contribution in [0.5, 0.6) is 0 Å². The van der Waals surface area contributed by atoms with Crippen molar-refractivity contribution in [2.45, 2.75) is 13.5 Å². The minimum atomic E-state index is 0.557. The monoisotopic (exact) mass is 227 g/mol. The van der Waals surface area contributed by atoms with Gasteiger partial charge in [-0.3, -0.25) is 0 Å². The first-order chi connectivity index (χ1) is 8.19. The number of hydrogen-bond donors (Lipinski definition) is 2. The Kier molecular flexibility index (Phi) is 3.01. The minimum Gasteiger partial charge on any atom is -0.465 e. The second-order valence-corrected chi connectivity index (χ2v) is 3.78. The van der Waals surface area contributed by atoms with Crippen LogP contribution in [0.2, 0.25) is 0 Å². The fourth-order valence-electron chi connectivity index (χ4n) is 1.56. The summed E-state index contributed by atoms with van der Waals surface area (Å²) in [5.41, 5.74) is 7.75. The molecule has 0 radical (unpaired) electrons. The van der Waals surface area contributed by atoms with Crippen LogP contribution >= 0.6 is 0 Å². The van der Waals surface area contributed by atoms with Crippen molar-refractivity contribution < 1.29 is 4.42 Å². The molecule has 86 valence electrons. The zero-order valence-electron chi connectivity index (χ0n) is 9.53. The molecule has 1 aromatic carbocycles. The first-order valence-corrected chi connectivity index (χ1v) is 5.28. The second-order valence-electron chi connectivity index (χ2n) is 3.78. The molecule has 0 aliphatic carbocycles. The van der Waals surface area contributed by atoms with E-state index in [0.29, 0.717) is 17.8 Å². The van der Waals surface area contributed by atoms with E-state index in [-0.39, 0.29) is 0 Å². The lowest BCUT2D eigenvalue weighted by molar-refractivity contribution is 0.490. The summed E-state index contributed by atoms with van der Waals surface area (Å²) in [6, 6.07) is 11.1. The quantitative estimate of drug-likeness (QED) is 0.790. The summed E-state index contributed by atoms with van der Waals surface area (Å²) in [6.07, 6.45) is 0. The molecule has 1 heterocycles. The summed E-state index contributed by atoms with van der Waals surface area (Å²) < 4.78 is 5.43. The molecule has 0 unspecified atom stereocenters. The zero-order chi connectivity index (χ0) is 12.3. The van der Waals surface area contributed by atoms with Gasteiger partial charge in [-0.15, -0.1) is 0 Å². The first-order valence-electron chi connectivity index (χ1n) is 5.28. The Labute approximate surface area is 99.7 Å². The predicted molar refractivity (Wildman–Crippen MR) is 66.3 cm³/mol. The highest BCUT2D eigenvalue weighted by molar-refractivity contribution is 5.68. The second kappa shape index (κ2) is 4.62. The standard InChI is InChI=1S/C13H13N3O/c1-9-2-4-11(17-9)8-16-13-5-3-10(7-14)6-12(13)15/h2-6,16H,8,15H2,1H3. The van der Waals surface area contributed by atoms with Crippen molar-refractivity contribution in [1.29, 1.82) is 5.26 Å². The van der Waals surface area contributed by atoms with Crippen LogP contribution in [0.1, 0.15) is 17.1 Å². The highest BCUT2D eigenvalue weighted by Gasteiger charge is 2.02. The molecule has 0 aliphatic rings. The predicted octanol–water partition coefficient (Wildman–Crippen LogP) is 2.65. The molecule has 0 atom stereocenters. The molecule has 0 saturated heterocycles. The summed E-state index contributed by atoms with van der Waals surface area (Å²) in [5, 5.41) is 11.9. The normalized spacial score (nSPS) is 9.88. The average molecular weight is 227 g/mol. The van der Waals surface area contributed by atoms with Gasteiger partial charge in [0.15, 0.2) is 0 Å². The molecule has 2 aromatic rings. The number of nitrogen functional groups attached to an aromatic ring is 1. The third-order valence-corrected chi connectivity index (χ3v) is 2.43. The number of hydrogen-bond acceptors (Lipinski definition) is 4. The first kappa shape index (κ1) is 11.1. The Morgan fingerprint density at radius 1 is 1.35 bits per heavy atom. The summed E-state index contributed by atoms with van der Waals surface area (Å²) in [4.78, 5) is 0. The molecule has 0 spiro atoms. The van der Waals surface area contributed by atoms with E-state index in [1.54, 1.807) is 18.2 Å². The highest BCUT2D eigenvalue weighted by atomic mass is 16.3. The number of nitrogens with two attached hydrogens (primary N) is 1. The van der Waals surface area contributed by atoms with Crippen LogP contribution in [0.25, 0.3) is 0 Å². The zero-order valence-corrected chi connectivity index (χ0v) is 9.53. The lowest BCUT2D eigenvalue weighted by Crippen LogP contribution is -2.01. The summed E-state index contributed by atoms with van der Waals surface area (Å²) >= 11 is 0. The molecule has 4 nitrogen and oxygen atoms in total. The van der Waals surface area contributed by atoms with E-state index in [1.165, 1.54) is 0 Å². The van der Waals surface area contributed by atoms with Crippen molar-refractivity contribution in [1.82, 2.24) is 0 Å². The van der Waals surface area contributed by atoms with Crippen LogP contribution in [0.4, 0.5) is 11.4 Å². The number of aryl methyl sites for hydroxylation is 1. The molecule has 4 heteroatoms. The SMILES string of the molecule is Cc1ccc(CNc2ccc(C#N)cc2N)o1. The van der Waals surface area contributed by atoms with Crippen LogP contribution < -0.4 is 11.1 Å². The van der Waals surface area contributed by atoms with Crippen molar-refractivity contribution in [2.24, 2.45) is 0 Å². The van der Waals surface area contributed by atoms with E-state index in [2.05, 4.69) is 5.32 Å². The number of nitriles is 1. The molecule has 2 rings (SSSR count). The van der Waals surface area contributed by atoms with Gasteiger partial charge in [-0.05, 0) is 37.3 Å². The Morgan fingerprint density at radius 3 is 2.76 bits per heavy atom. The van der Waals surface area contributed by atoms with Gasteiger partial charge < -0.3 is 15.5 Å². The lowest BCUT2D eigenvalue weighted by Gasteiger charge is -2.07. The van der Waals surface area contributed by atoms with Gasteiger partial charge in [0.2, 0.25) is 0 Å². The molecule has 0 bridgehead atoms. The summed E-state index contributed by atoms with van der Waals surface area (Å²) in [5.74, 6) is 1.74. The van der Waals surface area contributed by atoms with E-state index >= 15 is 0 Å². The maximum Gasteiger partial charge on any atom is 0.123 e. The van der Waals surface area contributed by atoms with Crippen LogP contribution in [-0.4, -0.2) is 0 Å². The van der Waals surface area contributed by atoms with Crippen LogP contribution in [-0.2, 0) is 6.54 Å². The summed E-state index contributed by atoms with van der Waals surface area (Å²) in [6.45, 7) is 2.48. The van der Waals surface area contributed by atoms with Crippen molar-refractivity contribution in [3.8, 4) is 6.07 Å². The molecule has 1 aromatic heterocycles. The Bertz CT molecular complexity index is 566. The Balaban J connectivity index is 2.07. The lowest BCUT2D eigenvalue weighted by atomic mass is 10.2. The molecule has 0 saturated carbocycles. The van der Waals surface area contributed by atoms with E-state index in [4.69, 9.17) is 15.4 Å². The third kappa shape index (κ3) is 2.58.